The number of unbranched alkanes of at least 4 members (excludes halogenated alkanes) is 3. The van der Waals surface area contributed by atoms with E-state index in [4.69, 9.17) is 15.2 Å². The second-order valence-corrected chi connectivity index (χ2v) is 9.47. The van der Waals surface area contributed by atoms with E-state index in [9.17, 15) is 9.59 Å². The van der Waals surface area contributed by atoms with Gasteiger partial charge in [0, 0.05) is 23.4 Å². The number of thiophene rings is 1. The molecule has 0 unspecified atom stereocenters. The first kappa shape index (κ1) is 29.3. The molecule has 1 aromatic heterocycles. The minimum atomic E-state index is -0.419. The summed E-state index contributed by atoms with van der Waals surface area (Å²) in [5, 5.41) is 5.00. The Morgan fingerprint density at radius 3 is 2.45 bits per heavy atom. The highest BCUT2D eigenvalue weighted by molar-refractivity contribution is 7.09. The first-order valence-corrected chi connectivity index (χ1v) is 13.3. The lowest BCUT2D eigenvalue weighted by atomic mass is 9.88. The first-order chi connectivity index (χ1) is 15.9. The fraction of sp³-hybridized carbons (Fsp3) is 0.692. The topological polar surface area (TPSA) is 90.6 Å². The molecule has 3 atom stereocenters. The van der Waals surface area contributed by atoms with Crippen molar-refractivity contribution in [2.75, 3.05) is 6.61 Å². The van der Waals surface area contributed by atoms with Gasteiger partial charge in [-0.2, -0.15) is 0 Å². The van der Waals surface area contributed by atoms with Crippen LogP contribution in [-0.4, -0.2) is 42.8 Å². The van der Waals surface area contributed by atoms with Crippen molar-refractivity contribution in [3.05, 3.63) is 34.0 Å². The summed E-state index contributed by atoms with van der Waals surface area (Å²) in [5.41, 5.74) is 6.68. The molecule has 2 rings (SSSR count). The number of hydrogen-bond acceptors (Lipinski definition) is 6. The fourth-order valence-electron chi connectivity index (χ4n) is 3.80. The highest BCUT2D eigenvalue weighted by Gasteiger charge is 2.35. The molecule has 1 heterocycles. The van der Waals surface area contributed by atoms with E-state index in [1.807, 2.05) is 25.2 Å². The zero-order valence-corrected chi connectivity index (χ0v) is 21.9. The monoisotopic (exact) mass is 480 g/mol. The molecule has 0 fully saturated rings. The van der Waals surface area contributed by atoms with Gasteiger partial charge >= 0.3 is 5.97 Å². The number of hydrogen-bond donors (Lipinski definition) is 2. The van der Waals surface area contributed by atoms with Gasteiger partial charge in [0.25, 0.3) is 0 Å². The van der Waals surface area contributed by atoms with Crippen molar-refractivity contribution in [3.8, 4) is 0 Å². The van der Waals surface area contributed by atoms with E-state index in [1.54, 1.807) is 17.9 Å². The molecule has 188 valence electrons. The highest BCUT2D eigenvalue weighted by Crippen LogP contribution is 2.24. The molecule has 1 amide bonds. The van der Waals surface area contributed by atoms with Crippen LogP contribution in [0.5, 0.6) is 0 Å². The molecular weight excluding hydrogens is 436 g/mol. The lowest BCUT2D eigenvalue weighted by Crippen LogP contribution is -2.57. The SMILES string of the molecule is CCCCCCc1cccs1.CCOC(=O)C1=C[C@@H](OC(CC)CC)[C@H](NC(C)=O)[C@@H](N)C1. The molecule has 0 saturated carbocycles. The average molecular weight is 481 g/mol. The van der Waals surface area contributed by atoms with E-state index in [2.05, 4.69) is 29.8 Å². The Morgan fingerprint density at radius 1 is 1.18 bits per heavy atom. The Hall–Kier alpha value is -1.70. The van der Waals surface area contributed by atoms with Gasteiger partial charge in [0.2, 0.25) is 5.91 Å². The van der Waals surface area contributed by atoms with E-state index in [1.165, 1.54) is 39.0 Å². The van der Waals surface area contributed by atoms with Gasteiger partial charge < -0.3 is 20.5 Å². The average Bonchev–Trinajstić information content (AvgIpc) is 3.31. The van der Waals surface area contributed by atoms with Gasteiger partial charge in [-0.15, -0.1) is 11.3 Å². The second-order valence-electron chi connectivity index (χ2n) is 8.44. The van der Waals surface area contributed by atoms with Crippen LogP contribution < -0.4 is 11.1 Å². The molecule has 1 aromatic rings. The van der Waals surface area contributed by atoms with Gasteiger partial charge in [-0.05, 0) is 56.6 Å². The minimum Gasteiger partial charge on any atom is -0.463 e. The Kier molecular flexibility index (Phi) is 15.0. The number of carbonyl (C=O) groups is 2. The molecule has 0 spiro atoms. The van der Waals surface area contributed by atoms with E-state index in [0.717, 1.165) is 12.8 Å². The van der Waals surface area contributed by atoms with Crippen LogP contribution in [0.2, 0.25) is 0 Å². The van der Waals surface area contributed by atoms with E-state index in [-0.39, 0.29) is 30.1 Å². The largest absolute Gasteiger partial charge is 0.463 e. The molecule has 1 aliphatic rings. The van der Waals surface area contributed by atoms with E-state index in [0.29, 0.717) is 18.6 Å². The predicted octanol–water partition coefficient (Wildman–Crippen LogP) is 5.16. The Bertz CT molecular complexity index is 701. The third-order valence-electron chi connectivity index (χ3n) is 5.66. The van der Waals surface area contributed by atoms with Crippen LogP contribution in [-0.2, 0) is 25.5 Å². The number of amides is 1. The number of ether oxygens (including phenoxy) is 2. The second kappa shape index (κ2) is 16.8. The Labute approximate surface area is 204 Å². The summed E-state index contributed by atoms with van der Waals surface area (Å²) in [6.07, 6.45) is 10.3. The van der Waals surface area contributed by atoms with Crippen molar-refractivity contribution < 1.29 is 19.1 Å². The maximum atomic E-state index is 12.0. The summed E-state index contributed by atoms with van der Waals surface area (Å²) in [6, 6.07) is 3.65. The molecule has 6 nitrogen and oxygen atoms in total. The molecule has 0 radical (unpaired) electrons. The standard InChI is InChI=1S/C16H28N2O4.C10H16S/c1-5-12(6-2)22-14-9-11(16(20)21-7-3)8-13(17)15(14)18-10(4)19;1-2-3-4-5-7-10-8-6-9-11-10/h9,12-15H,5-8,17H2,1-4H3,(H,18,19);6,8-9H,2-5,7H2,1H3/t13-,14+,15+;/m0./s1. The van der Waals surface area contributed by atoms with Crippen molar-refractivity contribution in [3.63, 3.8) is 0 Å². The van der Waals surface area contributed by atoms with E-state index < -0.39 is 6.10 Å². The number of nitrogens with one attached hydrogen (secondary N) is 1. The van der Waals surface area contributed by atoms with Crippen LogP contribution in [0.25, 0.3) is 0 Å². The number of esters is 1. The molecule has 0 aromatic carbocycles. The van der Waals surface area contributed by atoms with Gasteiger partial charge in [0.1, 0.15) is 0 Å². The number of rotatable bonds is 12. The normalized spacial score (nSPS) is 20.0. The van der Waals surface area contributed by atoms with Crippen LogP contribution in [0.4, 0.5) is 0 Å². The molecule has 7 heteroatoms. The van der Waals surface area contributed by atoms with Crippen LogP contribution >= 0.6 is 11.3 Å². The van der Waals surface area contributed by atoms with Crippen molar-refractivity contribution in [2.45, 2.75) is 110 Å². The van der Waals surface area contributed by atoms with Gasteiger partial charge in [-0.3, -0.25) is 4.79 Å². The lowest BCUT2D eigenvalue weighted by molar-refractivity contribution is -0.139. The summed E-state index contributed by atoms with van der Waals surface area (Å²) in [6.45, 7) is 9.87. The third-order valence-corrected chi connectivity index (χ3v) is 6.60. The third kappa shape index (κ3) is 11.3. The van der Waals surface area contributed by atoms with Gasteiger partial charge in [0.15, 0.2) is 0 Å². The predicted molar refractivity (Wildman–Crippen MR) is 136 cm³/mol. The minimum absolute atomic E-state index is 0.0613. The molecule has 0 bridgehead atoms. The molecule has 0 saturated heterocycles. The van der Waals surface area contributed by atoms with Crippen LogP contribution in [0, 0.1) is 0 Å². The van der Waals surface area contributed by atoms with Crippen molar-refractivity contribution in [1.29, 1.82) is 0 Å². The summed E-state index contributed by atoms with van der Waals surface area (Å²) in [5.74, 6) is -0.524. The van der Waals surface area contributed by atoms with Crippen molar-refractivity contribution >= 4 is 23.2 Å². The van der Waals surface area contributed by atoms with Gasteiger partial charge in [0.05, 0.1) is 24.9 Å². The molecule has 1 aliphatic carbocycles. The summed E-state index contributed by atoms with van der Waals surface area (Å²) < 4.78 is 11.1. The Balaban J connectivity index is 0.000000412. The fourth-order valence-corrected chi connectivity index (χ4v) is 4.55. The maximum absolute atomic E-state index is 12.0. The molecular formula is C26H44N2O4S. The van der Waals surface area contributed by atoms with Crippen molar-refractivity contribution in [2.24, 2.45) is 5.73 Å². The summed E-state index contributed by atoms with van der Waals surface area (Å²) in [4.78, 5) is 24.9. The summed E-state index contributed by atoms with van der Waals surface area (Å²) in [7, 11) is 0. The zero-order valence-electron chi connectivity index (χ0n) is 21.1. The van der Waals surface area contributed by atoms with Crippen molar-refractivity contribution in [1.82, 2.24) is 5.32 Å². The van der Waals surface area contributed by atoms with Crippen LogP contribution in [0.15, 0.2) is 29.2 Å². The first-order valence-electron chi connectivity index (χ1n) is 12.4. The highest BCUT2D eigenvalue weighted by atomic mass is 32.1. The molecule has 33 heavy (non-hydrogen) atoms. The number of aryl methyl sites for hydroxylation is 1. The maximum Gasteiger partial charge on any atom is 0.333 e. The number of nitrogens with two attached hydrogens (primary N) is 1. The van der Waals surface area contributed by atoms with Gasteiger partial charge in [-0.25, -0.2) is 4.79 Å². The lowest BCUT2D eigenvalue weighted by Gasteiger charge is -2.36. The molecule has 0 aliphatic heterocycles. The summed E-state index contributed by atoms with van der Waals surface area (Å²) >= 11 is 1.88. The van der Waals surface area contributed by atoms with Crippen LogP contribution in [0.1, 0.15) is 84.4 Å². The Morgan fingerprint density at radius 2 is 1.91 bits per heavy atom. The quantitative estimate of drug-likeness (QED) is 0.319. The van der Waals surface area contributed by atoms with Gasteiger partial charge in [-0.1, -0.05) is 46.1 Å². The van der Waals surface area contributed by atoms with Crippen LogP contribution in [0.3, 0.4) is 0 Å². The zero-order chi connectivity index (χ0) is 24.6. The smallest absolute Gasteiger partial charge is 0.333 e. The molecule has 3 N–H and O–H groups in total. The van der Waals surface area contributed by atoms with E-state index >= 15 is 0 Å². The number of carbonyl (C=O) groups excluding carboxylic acids is 2.